The Balaban J connectivity index is 3.06. The van der Waals surface area contributed by atoms with Gasteiger partial charge in [-0.15, -0.1) is 0 Å². The minimum absolute atomic E-state index is 0.520. The molecule has 0 fully saturated rings. The lowest BCUT2D eigenvalue weighted by molar-refractivity contribution is -0.122. The highest BCUT2D eigenvalue weighted by Crippen LogP contribution is 2.15. The zero-order chi connectivity index (χ0) is 9.19. The summed E-state index contributed by atoms with van der Waals surface area (Å²) < 4.78 is 0. The number of rotatable bonds is 2. The van der Waals surface area contributed by atoms with Gasteiger partial charge in [-0.25, -0.2) is 0 Å². The van der Waals surface area contributed by atoms with E-state index < -0.39 is 11.4 Å². The van der Waals surface area contributed by atoms with Crippen LogP contribution in [0.1, 0.15) is 12.5 Å². The van der Waals surface area contributed by atoms with Crippen LogP contribution in [-0.2, 0) is 10.3 Å². The minimum Gasteiger partial charge on any atom is -0.368 e. The molecule has 0 aromatic heterocycles. The first kappa shape index (κ1) is 8.74. The smallest absolute Gasteiger partial charge is 0.241 e. The third kappa shape index (κ3) is 1.46. The lowest BCUT2D eigenvalue weighted by atomic mass is 9.93. The summed E-state index contributed by atoms with van der Waals surface area (Å²) in [4.78, 5) is 10.9. The van der Waals surface area contributed by atoms with Crippen LogP contribution < -0.4 is 11.5 Å². The second kappa shape index (κ2) is 2.95. The number of hydrogen-bond acceptors (Lipinski definition) is 2. The molecule has 0 aliphatic heterocycles. The molecule has 0 aliphatic carbocycles. The second-order valence-electron chi connectivity index (χ2n) is 2.93. The molecule has 0 aliphatic rings. The van der Waals surface area contributed by atoms with Crippen LogP contribution >= 0.6 is 0 Å². The van der Waals surface area contributed by atoms with Crippen LogP contribution in [-0.4, -0.2) is 5.91 Å². The maximum atomic E-state index is 10.9. The van der Waals surface area contributed by atoms with Crippen LogP contribution in [0.2, 0.25) is 0 Å². The molecule has 1 aromatic carbocycles. The zero-order valence-corrected chi connectivity index (χ0v) is 6.95. The first-order valence-corrected chi connectivity index (χ1v) is 3.69. The molecule has 1 rings (SSSR count). The monoisotopic (exact) mass is 164 g/mol. The average Bonchev–Trinajstić information content (AvgIpc) is 2.06. The summed E-state index contributed by atoms with van der Waals surface area (Å²) in [5.74, 6) is -0.520. The normalized spacial score (nSPS) is 15.2. The standard InChI is InChI=1S/C9H12N2O/c1-9(11,8(10)12)7-5-3-2-4-6-7/h2-6H,11H2,1H3,(H2,10,12)/t9-/m1/s1. The predicted molar refractivity (Wildman–Crippen MR) is 47.2 cm³/mol. The molecule has 0 radical (unpaired) electrons. The van der Waals surface area contributed by atoms with Crippen LogP contribution in [0, 0.1) is 0 Å². The summed E-state index contributed by atoms with van der Waals surface area (Å²) in [6.07, 6.45) is 0. The van der Waals surface area contributed by atoms with Crippen LogP contribution in [0.5, 0.6) is 0 Å². The van der Waals surface area contributed by atoms with Gasteiger partial charge in [0.2, 0.25) is 5.91 Å². The van der Waals surface area contributed by atoms with Crippen molar-refractivity contribution in [2.24, 2.45) is 11.5 Å². The molecule has 1 atom stereocenters. The van der Waals surface area contributed by atoms with Crippen LogP contribution in [0.15, 0.2) is 30.3 Å². The molecule has 1 aromatic rings. The van der Waals surface area contributed by atoms with Gasteiger partial charge in [0.25, 0.3) is 0 Å². The second-order valence-corrected chi connectivity index (χ2v) is 2.93. The van der Waals surface area contributed by atoms with Gasteiger partial charge in [0.05, 0.1) is 0 Å². The highest BCUT2D eigenvalue weighted by Gasteiger charge is 2.27. The van der Waals surface area contributed by atoms with Crippen molar-refractivity contribution in [3.63, 3.8) is 0 Å². The summed E-state index contributed by atoms with van der Waals surface area (Å²) >= 11 is 0. The van der Waals surface area contributed by atoms with Crippen molar-refractivity contribution < 1.29 is 4.79 Å². The number of primary amides is 1. The molecule has 0 saturated carbocycles. The lowest BCUT2D eigenvalue weighted by Crippen LogP contribution is -2.46. The Morgan fingerprint density at radius 2 is 1.83 bits per heavy atom. The maximum absolute atomic E-state index is 10.9. The molecular weight excluding hydrogens is 152 g/mol. The van der Waals surface area contributed by atoms with Gasteiger partial charge in [-0.05, 0) is 12.5 Å². The van der Waals surface area contributed by atoms with E-state index in [0.717, 1.165) is 5.56 Å². The molecule has 0 bridgehead atoms. The lowest BCUT2D eigenvalue weighted by Gasteiger charge is -2.20. The largest absolute Gasteiger partial charge is 0.368 e. The summed E-state index contributed by atoms with van der Waals surface area (Å²) in [6, 6.07) is 9.07. The minimum atomic E-state index is -1.07. The fourth-order valence-electron chi connectivity index (χ4n) is 0.927. The van der Waals surface area contributed by atoms with Gasteiger partial charge in [0, 0.05) is 0 Å². The van der Waals surface area contributed by atoms with Crippen molar-refractivity contribution in [3.8, 4) is 0 Å². The van der Waals surface area contributed by atoms with E-state index in [9.17, 15) is 4.79 Å². The molecule has 64 valence electrons. The van der Waals surface area contributed by atoms with E-state index in [-0.39, 0.29) is 0 Å². The fraction of sp³-hybridized carbons (Fsp3) is 0.222. The van der Waals surface area contributed by atoms with Gasteiger partial charge in [0.1, 0.15) is 5.54 Å². The topological polar surface area (TPSA) is 69.1 Å². The first-order valence-electron chi connectivity index (χ1n) is 3.69. The molecule has 0 saturated heterocycles. The Labute approximate surface area is 71.4 Å². The van der Waals surface area contributed by atoms with Gasteiger partial charge in [-0.1, -0.05) is 30.3 Å². The molecular formula is C9H12N2O. The number of carbonyl (C=O) groups excluding carboxylic acids is 1. The molecule has 0 spiro atoms. The molecule has 3 heteroatoms. The third-order valence-corrected chi connectivity index (χ3v) is 1.89. The van der Waals surface area contributed by atoms with Crippen molar-refractivity contribution in [1.82, 2.24) is 0 Å². The highest BCUT2D eigenvalue weighted by atomic mass is 16.1. The number of carbonyl (C=O) groups is 1. The van der Waals surface area contributed by atoms with Crippen molar-refractivity contribution >= 4 is 5.91 Å². The quantitative estimate of drug-likeness (QED) is 0.662. The molecule has 4 N–H and O–H groups in total. The van der Waals surface area contributed by atoms with Crippen LogP contribution in [0.25, 0.3) is 0 Å². The molecule has 0 heterocycles. The number of benzene rings is 1. The highest BCUT2D eigenvalue weighted by molar-refractivity contribution is 5.85. The SMILES string of the molecule is C[C@](N)(C(N)=O)c1ccccc1. The third-order valence-electron chi connectivity index (χ3n) is 1.89. The first-order chi connectivity index (χ1) is 5.55. The van der Waals surface area contributed by atoms with E-state index in [2.05, 4.69) is 0 Å². The van der Waals surface area contributed by atoms with Gasteiger partial charge in [0.15, 0.2) is 0 Å². The number of nitrogens with two attached hydrogens (primary N) is 2. The summed E-state index contributed by atoms with van der Waals surface area (Å²) in [5.41, 5.74) is 10.5. The van der Waals surface area contributed by atoms with Gasteiger partial charge >= 0.3 is 0 Å². The Hall–Kier alpha value is -1.35. The Kier molecular flexibility index (Phi) is 2.15. The Morgan fingerprint density at radius 1 is 1.33 bits per heavy atom. The summed E-state index contributed by atoms with van der Waals surface area (Å²) in [7, 11) is 0. The Morgan fingerprint density at radius 3 is 2.25 bits per heavy atom. The van der Waals surface area contributed by atoms with Crippen molar-refractivity contribution in [1.29, 1.82) is 0 Å². The summed E-state index contributed by atoms with van der Waals surface area (Å²) in [5, 5.41) is 0. The van der Waals surface area contributed by atoms with Crippen LogP contribution in [0.3, 0.4) is 0 Å². The van der Waals surface area contributed by atoms with Gasteiger partial charge in [-0.2, -0.15) is 0 Å². The van der Waals surface area contributed by atoms with Crippen molar-refractivity contribution in [2.75, 3.05) is 0 Å². The van der Waals surface area contributed by atoms with E-state index in [4.69, 9.17) is 11.5 Å². The van der Waals surface area contributed by atoms with E-state index in [1.807, 2.05) is 18.2 Å². The predicted octanol–water partition coefficient (Wildman–Crippen LogP) is 0.346. The van der Waals surface area contributed by atoms with Gasteiger partial charge < -0.3 is 11.5 Å². The molecule has 12 heavy (non-hydrogen) atoms. The number of hydrogen-bond donors (Lipinski definition) is 2. The molecule has 3 nitrogen and oxygen atoms in total. The Bertz CT molecular complexity index is 280. The van der Waals surface area contributed by atoms with Crippen molar-refractivity contribution in [3.05, 3.63) is 35.9 Å². The van der Waals surface area contributed by atoms with Gasteiger partial charge in [-0.3, -0.25) is 4.79 Å². The van der Waals surface area contributed by atoms with Crippen molar-refractivity contribution in [2.45, 2.75) is 12.5 Å². The van der Waals surface area contributed by atoms with E-state index in [1.54, 1.807) is 19.1 Å². The zero-order valence-electron chi connectivity index (χ0n) is 6.95. The van der Waals surface area contributed by atoms with E-state index in [0.29, 0.717) is 0 Å². The van der Waals surface area contributed by atoms with E-state index >= 15 is 0 Å². The number of amides is 1. The average molecular weight is 164 g/mol. The fourth-order valence-corrected chi connectivity index (χ4v) is 0.927. The molecule has 0 unspecified atom stereocenters. The summed E-state index contributed by atoms with van der Waals surface area (Å²) in [6.45, 7) is 1.60. The molecule has 1 amide bonds. The maximum Gasteiger partial charge on any atom is 0.241 e. The van der Waals surface area contributed by atoms with E-state index in [1.165, 1.54) is 0 Å². The van der Waals surface area contributed by atoms with Crippen LogP contribution in [0.4, 0.5) is 0 Å².